The summed E-state index contributed by atoms with van der Waals surface area (Å²) < 4.78 is 1.76. The molecule has 0 radical (unpaired) electrons. The number of rotatable bonds is 6. The van der Waals surface area contributed by atoms with Crippen molar-refractivity contribution in [2.24, 2.45) is 0 Å². The maximum absolute atomic E-state index is 12.1. The molecule has 1 heterocycles. The second-order valence-electron chi connectivity index (χ2n) is 5.61. The van der Waals surface area contributed by atoms with Crippen LogP contribution in [0.5, 0.6) is 0 Å². The maximum Gasteiger partial charge on any atom is 0.224 e. The van der Waals surface area contributed by atoms with Crippen molar-refractivity contribution in [1.29, 1.82) is 0 Å². The summed E-state index contributed by atoms with van der Waals surface area (Å²) >= 11 is 11.8. The minimum Gasteiger partial charge on any atom is -0.352 e. The molecule has 1 N–H and O–H groups in total. The minimum atomic E-state index is -0.0647. The van der Waals surface area contributed by atoms with Crippen LogP contribution in [0.3, 0.4) is 0 Å². The zero-order chi connectivity index (χ0) is 17.6. The predicted octanol–water partition coefficient (Wildman–Crippen LogP) is 3.49. The molecule has 0 saturated heterocycles. The molecule has 25 heavy (non-hydrogen) atoms. The summed E-state index contributed by atoms with van der Waals surface area (Å²) in [5, 5.41) is 7.92. The molecular formula is C18H16Cl2N4O. The lowest BCUT2D eigenvalue weighted by Gasteiger charge is -2.07. The molecule has 7 heteroatoms. The minimum absolute atomic E-state index is 0.0647. The van der Waals surface area contributed by atoms with Gasteiger partial charge in [0.05, 0.1) is 23.0 Å². The van der Waals surface area contributed by atoms with Crippen LogP contribution in [-0.4, -0.2) is 20.7 Å². The van der Waals surface area contributed by atoms with Gasteiger partial charge < -0.3 is 5.32 Å². The lowest BCUT2D eigenvalue weighted by atomic mass is 10.1. The summed E-state index contributed by atoms with van der Waals surface area (Å²) in [6.07, 6.45) is 3.45. The quantitative estimate of drug-likeness (QED) is 0.718. The van der Waals surface area contributed by atoms with Crippen molar-refractivity contribution < 1.29 is 4.79 Å². The van der Waals surface area contributed by atoms with Crippen molar-refractivity contribution >= 4 is 29.1 Å². The van der Waals surface area contributed by atoms with Crippen LogP contribution in [-0.2, 0) is 24.3 Å². The van der Waals surface area contributed by atoms with E-state index in [9.17, 15) is 4.79 Å². The Hall–Kier alpha value is -2.37. The van der Waals surface area contributed by atoms with E-state index in [1.165, 1.54) is 6.33 Å². The molecule has 5 nitrogen and oxygen atoms in total. The molecule has 0 aliphatic heterocycles. The van der Waals surface area contributed by atoms with Crippen LogP contribution in [0.4, 0.5) is 0 Å². The van der Waals surface area contributed by atoms with Crippen LogP contribution >= 0.6 is 23.2 Å². The van der Waals surface area contributed by atoms with E-state index in [1.807, 2.05) is 24.3 Å². The number of aromatic nitrogens is 3. The van der Waals surface area contributed by atoms with Gasteiger partial charge in [-0.1, -0.05) is 53.5 Å². The third-order valence-corrected chi connectivity index (χ3v) is 4.41. The van der Waals surface area contributed by atoms with Gasteiger partial charge in [0, 0.05) is 6.54 Å². The van der Waals surface area contributed by atoms with Crippen molar-refractivity contribution in [3.05, 3.63) is 81.9 Å². The molecule has 1 amide bonds. The Kier molecular flexibility index (Phi) is 5.68. The van der Waals surface area contributed by atoms with E-state index in [2.05, 4.69) is 15.4 Å². The van der Waals surface area contributed by atoms with Gasteiger partial charge in [0.25, 0.3) is 0 Å². The lowest BCUT2D eigenvalue weighted by molar-refractivity contribution is -0.120. The van der Waals surface area contributed by atoms with Gasteiger partial charge in [-0.05, 0) is 28.8 Å². The van der Waals surface area contributed by atoms with Gasteiger partial charge in [-0.2, -0.15) is 5.10 Å². The topological polar surface area (TPSA) is 59.8 Å². The van der Waals surface area contributed by atoms with Gasteiger partial charge in [-0.25, -0.2) is 9.67 Å². The fraction of sp³-hybridized carbons (Fsp3) is 0.167. The van der Waals surface area contributed by atoms with E-state index in [0.29, 0.717) is 23.1 Å². The molecule has 0 spiro atoms. The lowest BCUT2D eigenvalue weighted by Crippen LogP contribution is -2.24. The summed E-state index contributed by atoms with van der Waals surface area (Å²) in [6.45, 7) is 1.15. The summed E-state index contributed by atoms with van der Waals surface area (Å²) in [4.78, 5) is 16.0. The van der Waals surface area contributed by atoms with E-state index in [1.54, 1.807) is 29.2 Å². The number of amides is 1. The molecule has 0 bridgehead atoms. The van der Waals surface area contributed by atoms with Crippen LogP contribution in [0.15, 0.2) is 55.1 Å². The van der Waals surface area contributed by atoms with Crippen molar-refractivity contribution in [2.45, 2.75) is 19.5 Å². The Bertz CT molecular complexity index is 848. The molecule has 3 rings (SSSR count). The standard InChI is InChI=1S/C18H16Cl2N4O/c19-16-6-5-15(7-17(16)20)8-18(25)22-9-13-1-3-14(4-2-13)10-24-12-21-11-23-24/h1-7,11-12H,8-10H2,(H,22,25). The van der Waals surface area contributed by atoms with Crippen molar-refractivity contribution in [1.82, 2.24) is 20.1 Å². The highest BCUT2D eigenvalue weighted by Gasteiger charge is 2.06. The number of benzene rings is 2. The average molecular weight is 375 g/mol. The second-order valence-corrected chi connectivity index (χ2v) is 6.43. The number of carbonyl (C=O) groups excluding carboxylic acids is 1. The summed E-state index contributed by atoms with van der Waals surface area (Å²) in [6, 6.07) is 13.2. The number of carbonyl (C=O) groups is 1. The van der Waals surface area contributed by atoms with E-state index in [-0.39, 0.29) is 12.3 Å². The second kappa shape index (κ2) is 8.14. The number of nitrogens with zero attached hydrogens (tertiary/aromatic N) is 3. The Labute approximate surface area is 155 Å². The largest absolute Gasteiger partial charge is 0.352 e. The van der Waals surface area contributed by atoms with Crippen LogP contribution in [0.25, 0.3) is 0 Å². The Balaban J connectivity index is 1.50. The number of hydrogen-bond acceptors (Lipinski definition) is 3. The van der Waals surface area contributed by atoms with Gasteiger partial charge in [-0.3, -0.25) is 4.79 Å². The average Bonchev–Trinajstić information content (AvgIpc) is 3.11. The van der Waals surface area contributed by atoms with E-state index in [0.717, 1.165) is 16.7 Å². The Morgan fingerprint density at radius 1 is 1.00 bits per heavy atom. The van der Waals surface area contributed by atoms with Crippen molar-refractivity contribution in [2.75, 3.05) is 0 Å². The first kappa shape index (κ1) is 17.5. The Morgan fingerprint density at radius 2 is 1.72 bits per heavy atom. The molecular weight excluding hydrogens is 359 g/mol. The molecule has 0 fully saturated rings. The fourth-order valence-electron chi connectivity index (χ4n) is 2.36. The normalized spacial score (nSPS) is 10.6. The van der Waals surface area contributed by atoms with Gasteiger partial charge in [0.1, 0.15) is 12.7 Å². The molecule has 0 unspecified atom stereocenters. The first-order valence-corrected chi connectivity index (χ1v) is 8.46. The molecule has 128 valence electrons. The van der Waals surface area contributed by atoms with Crippen molar-refractivity contribution in [3.63, 3.8) is 0 Å². The highest BCUT2D eigenvalue weighted by atomic mass is 35.5. The summed E-state index contributed by atoms with van der Waals surface area (Å²) in [7, 11) is 0. The van der Waals surface area contributed by atoms with Crippen LogP contribution in [0.2, 0.25) is 10.0 Å². The fourth-order valence-corrected chi connectivity index (χ4v) is 2.68. The monoisotopic (exact) mass is 374 g/mol. The molecule has 0 aliphatic carbocycles. The van der Waals surface area contributed by atoms with Gasteiger partial charge in [0.15, 0.2) is 0 Å². The molecule has 0 atom stereocenters. The third kappa shape index (κ3) is 5.05. The number of nitrogens with one attached hydrogen (secondary N) is 1. The van der Waals surface area contributed by atoms with Gasteiger partial charge in [0.2, 0.25) is 5.91 Å². The van der Waals surface area contributed by atoms with Crippen LogP contribution in [0, 0.1) is 0 Å². The smallest absolute Gasteiger partial charge is 0.224 e. The first-order valence-electron chi connectivity index (χ1n) is 7.71. The highest BCUT2D eigenvalue weighted by Crippen LogP contribution is 2.22. The van der Waals surface area contributed by atoms with E-state index in [4.69, 9.17) is 23.2 Å². The maximum atomic E-state index is 12.1. The molecule has 1 aromatic heterocycles. The molecule has 0 saturated carbocycles. The van der Waals surface area contributed by atoms with Gasteiger partial charge in [-0.15, -0.1) is 0 Å². The Morgan fingerprint density at radius 3 is 2.40 bits per heavy atom. The SMILES string of the molecule is O=C(Cc1ccc(Cl)c(Cl)c1)NCc1ccc(Cn2cncn2)cc1. The highest BCUT2D eigenvalue weighted by molar-refractivity contribution is 6.42. The van der Waals surface area contributed by atoms with Crippen LogP contribution < -0.4 is 5.32 Å². The summed E-state index contributed by atoms with van der Waals surface area (Å²) in [5.41, 5.74) is 2.98. The molecule has 2 aromatic carbocycles. The zero-order valence-corrected chi connectivity index (χ0v) is 14.8. The number of halogens is 2. The van der Waals surface area contributed by atoms with Crippen molar-refractivity contribution in [3.8, 4) is 0 Å². The summed E-state index contributed by atoms with van der Waals surface area (Å²) in [5.74, 6) is -0.0647. The van der Waals surface area contributed by atoms with E-state index < -0.39 is 0 Å². The number of hydrogen-bond donors (Lipinski definition) is 1. The first-order chi connectivity index (χ1) is 12.1. The molecule has 3 aromatic rings. The predicted molar refractivity (Wildman–Crippen MR) is 97.6 cm³/mol. The van der Waals surface area contributed by atoms with Crippen LogP contribution in [0.1, 0.15) is 16.7 Å². The zero-order valence-electron chi connectivity index (χ0n) is 13.3. The third-order valence-electron chi connectivity index (χ3n) is 3.67. The van der Waals surface area contributed by atoms with Gasteiger partial charge >= 0.3 is 0 Å². The van der Waals surface area contributed by atoms with E-state index >= 15 is 0 Å². The molecule has 0 aliphatic rings.